The summed E-state index contributed by atoms with van der Waals surface area (Å²) in [6.07, 6.45) is 1.97. The standard InChI is InChI=1S/C13H15N5O3S/c14-22(20,21)10-4-2-9(3-5-10)15-13(19)8-1-6-11-12(7-8)17-18-16-11/h2-5,8H,1,6-7H2,(H,15,19)(H2,14,20,21)(H,16,17,18). The Kier molecular flexibility index (Phi) is 3.67. The number of aryl methyl sites for hydroxylation is 1. The number of aromatic amines is 1. The van der Waals surface area contributed by atoms with Crippen LogP contribution in [0.1, 0.15) is 17.8 Å². The summed E-state index contributed by atoms with van der Waals surface area (Å²) >= 11 is 0. The van der Waals surface area contributed by atoms with Crippen LogP contribution in [0.5, 0.6) is 0 Å². The predicted octanol–water partition coefficient (Wildman–Crippen LogP) is 0.196. The van der Waals surface area contributed by atoms with Gasteiger partial charge in [0.2, 0.25) is 15.9 Å². The van der Waals surface area contributed by atoms with E-state index in [0.29, 0.717) is 24.9 Å². The van der Waals surface area contributed by atoms with E-state index < -0.39 is 10.0 Å². The molecule has 4 N–H and O–H groups in total. The minimum absolute atomic E-state index is 0.00963. The average Bonchev–Trinajstić information content (AvgIpc) is 2.94. The minimum atomic E-state index is -3.73. The van der Waals surface area contributed by atoms with Crippen molar-refractivity contribution in [2.45, 2.75) is 24.2 Å². The molecule has 2 aromatic rings. The molecule has 8 nitrogen and oxygen atoms in total. The molecule has 0 bridgehead atoms. The molecule has 1 unspecified atom stereocenters. The van der Waals surface area contributed by atoms with E-state index >= 15 is 0 Å². The molecule has 0 saturated carbocycles. The number of aromatic nitrogens is 3. The van der Waals surface area contributed by atoms with E-state index in [-0.39, 0.29) is 16.7 Å². The van der Waals surface area contributed by atoms with Gasteiger partial charge >= 0.3 is 0 Å². The largest absolute Gasteiger partial charge is 0.326 e. The van der Waals surface area contributed by atoms with Crippen molar-refractivity contribution in [2.75, 3.05) is 5.32 Å². The monoisotopic (exact) mass is 321 g/mol. The number of primary sulfonamides is 1. The van der Waals surface area contributed by atoms with Crippen LogP contribution < -0.4 is 10.5 Å². The molecule has 0 radical (unpaired) electrons. The number of fused-ring (bicyclic) bond motifs is 1. The molecule has 0 fully saturated rings. The Bertz CT molecular complexity index is 797. The van der Waals surface area contributed by atoms with Gasteiger partial charge in [0, 0.05) is 18.0 Å². The van der Waals surface area contributed by atoms with Gasteiger partial charge in [0.05, 0.1) is 16.3 Å². The van der Waals surface area contributed by atoms with Crippen molar-refractivity contribution in [2.24, 2.45) is 11.1 Å². The van der Waals surface area contributed by atoms with Crippen molar-refractivity contribution >= 4 is 21.6 Å². The smallest absolute Gasteiger partial charge is 0.238 e. The number of H-pyrrole nitrogens is 1. The van der Waals surface area contributed by atoms with Crippen LogP contribution in [0.3, 0.4) is 0 Å². The number of amides is 1. The van der Waals surface area contributed by atoms with Crippen LogP contribution in [0, 0.1) is 5.92 Å². The minimum Gasteiger partial charge on any atom is -0.326 e. The van der Waals surface area contributed by atoms with Crippen LogP contribution in [0.4, 0.5) is 5.69 Å². The first-order valence-corrected chi connectivity index (χ1v) is 8.30. The second kappa shape index (κ2) is 5.50. The number of hydrogen-bond acceptors (Lipinski definition) is 5. The molecule has 1 atom stereocenters. The van der Waals surface area contributed by atoms with Crippen LogP contribution in [0.25, 0.3) is 0 Å². The molecule has 1 aliphatic carbocycles. The molecular formula is C13H15N5O3S. The van der Waals surface area contributed by atoms with Gasteiger partial charge < -0.3 is 5.32 Å². The van der Waals surface area contributed by atoms with Gasteiger partial charge in [-0.05, 0) is 37.1 Å². The van der Waals surface area contributed by atoms with Gasteiger partial charge in [-0.3, -0.25) is 4.79 Å². The molecule has 3 rings (SSSR count). The highest BCUT2D eigenvalue weighted by molar-refractivity contribution is 7.89. The fourth-order valence-corrected chi connectivity index (χ4v) is 3.00. The summed E-state index contributed by atoms with van der Waals surface area (Å²) < 4.78 is 22.4. The maximum Gasteiger partial charge on any atom is 0.238 e. The summed E-state index contributed by atoms with van der Waals surface area (Å²) in [4.78, 5) is 12.3. The van der Waals surface area contributed by atoms with Crippen LogP contribution in [0.2, 0.25) is 0 Å². The molecule has 22 heavy (non-hydrogen) atoms. The second-order valence-electron chi connectivity index (χ2n) is 5.22. The van der Waals surface area contributed by atoms with E-state index in [1.165, 1.54) is 24.3 Å². The number of nitrogens with two attached hydrogens (primary N) is 1. The number of hydrogen-bond donors (Lipinski definition) is 3. The topological polar surface area (TPSA) is 131 Å². The highest BCUT2D eigenvalue weighted by Crippen LogP contribution is 2.23. The third-order valence-corrected chi connectivity index (χ3v) is 4.62. The Labute approximate surface area is 127 Å². The number of nitrogens with one attached hydrogen (secondary N) is 2. The molecule has 1 heterocycles. The van der Waals surface area contributed by atoms with Gasteiger partial charge in [-0.25, -0.2) is 13.6 Å². The van der Waals surface area contributed by atoms with Crippen molar-refractivity contribution in [1.82, 2.24) is 15.4 Å². The average molecular weight is 321 g/mol. The molecule has 0 saturated heterocycles. The predicted molar refractivity (Wildman–Crippen MR) is 78.3 cm³/mol. The van der Waals surface area contributed by atoms with E-state index in [1.807, 2.05) is 0 Å². The normalized spacial score (nSPS) is 17.8. The fraction of sp³-hybridized carbons (Fsp3) is 0.308. The molecule has 1 aromatic carbocycles. The third kappa shape index (κ3) is 3.00. The zero-order valence-corrected chi connectivity index (χ0v) is 12.4. The number of anilines is 1. The van der Waals surface area contributed by atoms with Crippen molar-refractivity contribution in [3.05, 3.63) is 35.7 Å². The highest BCUT2D eigenvalue weighted by atomic mass is 32.2. The first-order valence-electron chi connectivity index (χ1n) is 6.76. The van der Waals surface area contributed by atoms with Crippen molar-refractivity contribution in [3.63, 3.8) is 0 Å². The van der Waals surface area contributed by atoms with E-state index in [0.717, 1.165) is 11.4 Å². The van der Waals surface area contributed by atoms with Gasteiger partial charge in [0.25, 0.3) is 0 Å². The summed E-state index contributed by atoms with van der Waals surface area (Å²) in [5.74, 6) is -0.285. The molecule has 0 spiro atoms. The fourth-order valence-electron chi connectivity index (χ4n) is 2.48. The number of nitrogens with zero attached hydrogens (tertiary/aromatic N) is 2. The summed E-state index contributed by atoms with van der Waals surface area (Å²) in [5.41, 5.74) is 2.28. The van der Waals surface area contributed by atoms with E-state index in [1.54, 1.807) is 0 Å². The molecule has 0 aliphatic heterocycles. The van der Waals surface area contributed by atoms with Crippen LogP contribution >= 0.6 is 0 Å². The summed E-state index contributed by atoms with van der Waals surface area (Å²) in [6.45, 7) is 0. The zero-order chi connectivity index (χ0) is 15.7. The van der Waals surface area contributed by atoms with Crippen LogP contribution in [-0.4, -0.2) is 29.7 Å². The summed E-state index contributed by atoms with van der Waals surface area (Å²) in [6, 6.07) is 5.76. The number of benzene rings is 1. The molecule has 1 amide bonds. The lowest BCUT2D eigenvalue weighted by Gasteiger charge is -2.19. The van der Waals surface area contributed by atoms with Gasteiger partial charge in [0.15, 0.2) is 0 Å². The SMILES string of the molecule is NS(=O)(=O)c1ccc(NC(=O)C2CCc3n[nH]nc3C2)cc1. The van der Waals surface area contributed by atoms with Crippen LogP contribution in [0.15, 0.2) is 29.2 Å². The van der Waals surface area contributed by atoms with E-state index in [4.69, 9.17) is 5.14 Å². The number of carbonyl (C=O) groups is 1. The third-order valence-electron chi connectivity index (χ3n) is 3.69. The quantitative estimate of drug-likeness (QED) is 0.743. The number of sulfonamides is 1. The Morgan fingerprint density at radius 1 is 1.23 bits per heavy atom. The van der Waals surface area contributed by atoms with Crippen molar-refractivity contribution < 1.29 is 13.2 Å². The van der Waals surface area contributed by atoms with Crippen molar-refractivity contribution in [1.29, 1.82) is 0 Å². The van der Waals surface area contributed by atoms with Gasteiger partial charge in [0.1, 0.15) is 0 Å². The van der Waals surface area contributed by atoms with E-state index in [9.17, 15) is 13.2 Å². The lowest BCUT2D eigenvalue weighted by Crippen LogP contribution is -2.28. The van der Waals surface area contributed by atoms with Gasteiger partial charge in [-0.15, -0.1) is 0 Å². The molecule has 1 aromatic heterocycles. The maximum absolute atomic E-state index is 12.3. The molecule has 9 heteroatoms. The summed E-state index contributed by atoms with van der Waals surface area (Å²) in [5, 5.41) is 18.4. The van der Waals surface area contributed by atoms with Crippen LogP contribution in [-0.2, 0) is 27.7 Å². The first kappa shape index (κ1) is 14.7. The Morgan fingerprint density at radius 2 is 1.91 bits per heavy atom. The first-order chi connectivity index (χ1) is 10.4. The highest BCUT2D eigenvalue weighted by Gasteiger charge is 2.27. The Balaban J connectivity index is 1.67. The number of carbonyl (C=O) groups excluding carboxylic acids is 1. The zero-order valence-electron chi connectivity index (χ0n) is 11.6. The molecule has 116 valence electrons. The summed E-state index contributed by atoms with van der Waals surface area (Å²) in [7, 11) is -3.73. The van der Waals surface area contributed by atoms with E-state index in [2.05, 4.69) is 20.7 Å². The lowest BCUT2D eigenvalue weighted by molar-refractivity contribution is -0.120. The Morgan fingerprint density at radius 3 is 2.59 bits per heavy atom. The Hall–Kier alpha value is -2.26. The number of rotatable bonds is 3. The van der Waals surface area contributed by atoms with Gasteiger partial charge in [-0.1, -0.05) is 0 Å². The molecular weight excluding hydrogens is 306 g/mol. The maximum atomic E-state index is 12.3. The van der Waals surface area contributed by atoms with Crippen molar-refractivity contribution in [3.8, 4) is 0 Å². The second-order valence-corrected chi connectivity index (χ2v) is 6.78. The van der Waals surface area contributed by atoms with Gasteiger partial charge in [-0.2, -0.15) is 15.4 Å². The lowest BCUT2D eigenvalue weighted by atomic mass is 9.89. The molecule has 1 aliphatic rings.